The minimum atomic E-state index is -0.273. The van der Waals surface area contributed by atoms with Crippen LogP contribution in [0.3, 0.4) is 0 Å². The van der Waals surface area contributed by atoms with Crippen molar-refractivity contribution < 1.29 is 9.31 Å². The maximum atomic E-state index is 5.96. The Morgan fingerprint density at radius 1 is 1.00 bits per heavy atom. The Labute approximate surface area is 110 Å². The molecule has 3 heteroatoms. The maximum Gasteiger partial charge on any atom is 0.487 e. The monoisotopic (exact) mass is 244 g/mol. The van der Waals surface area contributed by atoms with Gasteiger partial charge >= 0.3 is 7.12 Å². The van der Waals surface area contributed by atoms with Crippen molar-refractivity contribution in [2.24, 2.45) is 0 Å². The molecular formula is C15H21BO2. The third-order valence-electron chi connectivity index (χ3n) is 3.89. The zero-order valence-corrected chi connectivity index (χ0v) is 11.9. The SMILES string of the molecule is CC(=CB1OC(C)(C)C(C)(C)O1)c1ccccc1. The van der Waals surface area contributed by atoms with Gasteiger partial charge in [-0.3, -0.25) is 0 Å². The van der Waals surface area contributed by atoms with Crippen LogP contribution in [0.15, 0.2) is 36.3 Å². The zero-order valence-electron chi connectivity index (χ0n) is 11.9. The van der Waals surface area contributed by atoms with E-state index in [1.807, 2.05) is 24.2 Å². The molecule has 1 aliphatic heterocycles. The molecule has 2 nitrogen and oxygen atoms in total. The molecule has 0 radical (unpaired) electrons. The predicted molar refractivity (Wildman–Crippen MR) is 76.2 cm³/mol. The third-order valence-corrected chi connectivity index (χ3v) is 3.89. The quantitative estimate of drug-likeness (QED) is 0.738. The van der Waals surface area contributed by atoms with Gasteiger partial charge in [-0.15, -0.1) is 0 Å². The average molecular weight is 244 g/mol. The van der Waals surface area contributed by atoms with E-state index in [0.29, 0.717) is 0 Å². The molecule has 0 unspecified atom stereocenters. The summed E-state index contributed by atoms with van der Waals surface area (Å²) in [4.78, 5) is 0. The van der Waals surface area contributed by atoms with Gasteiger partial charge in [0.15, 0.2) is 0 Å². The second kappa shape index (κ2) is 4.56. The van der Waals surface area contributed by atoms with Crippen LogP contribution >= 0.6 is 0 Å². The molecule has 1 aliphatic rings. The van der Waals surface area contributed by atoms with Gasteiger partial charge in [0.25, 0.3) is 0 Å². The molecule has 1 fully saturated rings. The predicted octanol–water partition coefficient (Wildman–Crippen LogP) is 3.72. The highest BCUT2D eigenvalue weighted by Crippen LogP contribution is 2.37. The van der Waals surface area contributed by atoms with Gasteiger partial charge in [0, 0.05) is 0 Å². The lowest BCUT2D eigenvalue weighted by molar-refractivity contribution is 0.00578. The molecule has 0 atom stereocenters. The van der Waals surface area contributed by atoms with E-state index in [2.05, 4.69) is 46.8 Å². The van der Waals surface area contributed by atoms with Crippen LogP contribution in [-0.2, 0) is 9.31 Å². The summed E-state index contributed by atoms with van der Waals surface area (Å²) in [5, 5.41) is 0. The lowest BCUT2D eigenvalue weighted by atomic mass is 9.85. The lowest BCUT2D eigenvalue weighted by Gasteiger charge is -2.32. The van der Waals surface area contributed by atoms with Crippen molar-refractivity contribution in [1.82, 2.24) is 0 Å². The van der Waals surface area contributed by atoms with Crippen LogP contribution in [-0.4, -0.2) is 18.3 Å². The number of rotatable bonds is 2. The molecule has 2 rings (SSSR count). The topological polar surface area (TPSA) is 18.5 Å². The second-order valence-electron chi connectivity index (χ2n) is 5.84. The van der Waals surface area contributed by atoms with Crippen molar-refractivity contribution in [2.45, 2.75) is 45.8 Å². The summed E-state index contributed by atoms with van der Waals surface area (Å²) in [7, 11) is -0.268. The van der Waals surface area contributed by atoms with Gasteiger partial charge in [-0.1, -0.05) is 41.9 Å². The summed E-state index contributed by atoms with van der Waals surface area (Å²) >= 11 is 0. The molecule has 0 bridgehead atoms. The van der Waals surface area contributed by atoms with Crippen molar-refractivity contribution in [3.63, 3.8) is 0 Å². The van der Waals surface area contributed by atoms with Crippen molar-refractivity contribution in [2.75, 3.05) is 0 Å². The van der Waals surface area contributed by atoms with Crippen LogP contribution in [0, 0.1) is 0 Å². The van der Waals surface area contributed by atoms with Crippen LogP contribution in [0.4, 0.5) is 0 Å². The molecule has 0 amide bonds. The number of hydrogen-bond donors (Lipinski definition) is 0. The standard InChI is InChI=1S/C15H21BO2/c1-12(13-9-7-6-8-10-13)11-16-17-14(2,3)15(4,5)18-16/h6-11H,1-5H3. The Morgan fingerprint density at radius 2 is 1.50 bits per heavy atom. The van der Waals surface area contributed by atoms with Gasteiger partial charge in [0.2, 0.25) is 0 Å². The fraction of sp³-hybridized carbons (Fsp3) is 0.467. The van der Waals surface area contributed by atoms with E-state index in [9.17, 15) is 0 Å². The van der Waals surface area contributed by atoms with Crippen LogP contribution in [0.2, 0.25) is 0 Å². The molecule has 1 heterocycles. The summed E-state index contributed by atoms with van der Waals surface area (Å²) in [6.07, 6.45) is 0. The van der Waals surface area contributed by atoms with Gasteiger partial charge in [-0.05, 0) is 40.2 Å². The minimum Gasteiger partial charge on any atom is -0.400 e. The number of hydrogen-bond acceptors (Lipinski definition) is 2. The van der Waals surface area contributed by atoms with E-state index in [1.165, 1.54) is 11.1 Å². The fourth-order valence-corrected chi connectivity index (χ4v) is 1.96. The lowest BCUT2D eigenvalue weighted by Crippen LogP contribution is -2.41. The molecule has 0 saturated carbocycles. The summed E-state index contributed by atoms with van der Waals surface area (Å²) in [5.74, 6) is 2.05. The van der Waals surface area contributed by atoms with Gasteiger partial charge in [0.05, 0.1) is 11.2 Å². The van der Waals surface area contributed by atoms with Crippen molar-refractivity contribution >= 4 is 12.7 Å². The van der Waals surface area contributed by atoms with Crippen LogP contribution in [0.1, 0.15) is 40.2 Å². The van der Waals surface area contributed by atoms with Crippen molar-refractivity contribution in [3.8, 4) is 0 Å². The summed E-state index contributed by atoms with van der Waals surface area (Å²) in [5.41, 5.74) is 1.83. The molecule has 0 spiro atoms. The molecular weight excluding hydrogens is 223 g/mol. The Morgan fingerprint density at radius 3 is 2.00 bits per heavy atom. The zero-order chi connectivity index (χ0) is 13.4. The highest BCUT2D eigenvalue weighted by atomic mass is 16.7. The summed E-state index contributed by atoms with van der Waals surface area (Å²) in [6.45, 7) is 10.4. The Hall–Kier alpha value is -1.06. The van der Waals surface area contributed by atoms with Crippen molar-refractivity contribution in [3.05, 3.63) is 41.9 Å². The molecule has 1 saturated heterocycles. The Bertz CT molecular complexity index is 433. The summed E-state index contributed by atoms with van der Waals surface area (Å²) in [6, 6.07) is 10.3. The molecule has 18 heavy (non-hydrogen) atoms. The number of allylic oxidation sites excluding steroid dienone is 1. The van der Waals surface area contributed by atoms with E-state index < -0.39 is 0 Å². The maximum absolute atomic E-state index is 5.96. The molecule has 1 aromatic rings. The van der Waals surface area contributed by atoms with Gasteiger partial charge in [-0.25, -0.2) is 0 Å². The summed E-state index contributed by atoms with van der Waals surface area (Å²) < 4.78 is 11.9. The third kappa shape index (κ3) is 2.52. The van der Waals surface area contributed by atoms with E-state index in [1.54, 1.807) is 0 Å². The first-order valence-electron chi connectivity index (χ1n) is 6.41. The smallest absolute Gasteiger partial charge is 0.400 e. The van der Waals surface area contributed by atoms with E-state index >= 15 is 0 Å². The van der Waals surface area contributed by atoms with Crippen LogP contribution in [0.5, 0.6) is 0 Å². The van der Waals surface area contributed by atoms with Gasteiger partial charge in [-0.2, -0.15) is 0 Å². The van der Waals surface area contributed by atoms with E-state index in [-0.39, 0.29) is 18.3 Å². The highest BCUT2D eigenvalue weighted by Gasteiger charge is 2.50. The first-order chi connectivity index (χ1) is 8.32. The molecule has 0 aliphatic carbocycles. The highest BCUT2D eigenvalue weighted by molar-refractivity contribution is 6.53. The molecule has 96 valence electrons. The fourth-order valence-electron chi connectivity index (χ4n) is 1.96. The normalized spacial score (nSPS) is 22.3. The Kier molecular flexibility index (Phi) is 3.39. The second-order valence-corrected chi connectivity index (χ2v) is 5.84. The van der Waals surface area contributed by atoms with E-state index in [0.717, 1.165) is 0 Å². The molecule has 0 aromatic heterocycles. The van der Waals surface area contributed by atoms with Gasteiger partial charge < -0.3 is 9.31 Å². The average Bonchev–Trinajstić information content (AvgIpc) is 2.48. The molecule has 0 N–H and O–H groups in total. The van der Waals surface area contributed by atoms with Gasteiger partial charge in [0.1, 0.15) is 0 Å². The largest absolute Gasteiger partial charge is 0.487 e. The van der Waals surface area contributed by atoms with E-state index in [4.69, 9.17) is 9.31 Å². The number of benzene rings is 1. The Balaban J connectivity index is 2.17. The minimum absolute atomic E-state index is 0.268. The van der Waals surface area contributed by atoms with Crippen molar-refractivity contribution in [1.29, 1.82) is 0 Å². The van der Waals surface area contributed by atoms with Crippen LogP contribution in [0.25, 0.3) is 5.57 Å². The first kappa shape index (κ1) is 13.4. The first-order valence-corrected chi connectivity index (χ1v) is 6.41. The molecule has 1 aromatic carbocycles. The van der Waals surface area contributed by atoms with Crippen LogP contribution < -0.4 is 0 Å².